The van der Waals surface area contributed by atoms with Gasteiger partial charge in [0, 0.05) is 0 Å². The molecule has 0 saturated carbocycles. The maximum atomic E-state index is 12.3. The zero-order valence-corrected chi connectivity index (χ0v) is 7.26. The first kappa shape index (κ1) is 9.20. The third-order valence-electron chi connectivity index (χ3n) is 2.00. The Morgan fingerprint density at radius 1 is 1.42 bits per heavy atom. The zero-order valence-electron chi connectivity index (χ0n) is 7.26. The highest BCUT2D eigenvalue weighted by Crippen LogP contribution is 2.16. The van der Waals surface area contributed by atoms with Crippen LogP contribution < -0.4 is 5.73 Å². The lowest BCUT2D eigenvalue weighted by Gasteiger charge is -2.11. The van der Waals surface area contributed by atoms with Crippen LogP contribution in [0.4, 0.5) is 4.39 Å². The molecule has 0 saturated heterocycles. The third-order valence-corrected chi connectivity index (χ3v) is 2.00. The van der Waals surface area contributed by atoms with Crippen molar-refractivity contribution in [1.29, 1.82) is 0 Å². The van der Waals surface area contributed by atoms with Crippen molar-refractivity contribution in [3.8, 4) is 0 Å². The third kappa shape index (κ3) is 1.83. The molecule has 0 radical (unpaired) electrons. The Morgan fingerprint density at radius 3 is 2.67 bits per heavy atom. The van der Waals surface area contributed by atoms with E-state index in [-0.39, 0.29) is 0 Å². The summed E-state index contributed by atoms with van der Waals surface area (Å²) in [7, 11) is 0. The molecule has 2 heteroatoms. The van der Waals surface area contributed by atoms with E-state index in [1.807, 2.05) is 31.2 Å². The number of hydrogen-bond acceptors (Lipinski definition) is 1. The monoisotopic (exact) mass is 167 g/mol. The predicted molar refractivity (Wildman–Crippen MR) is 48.7 cm³/mol. The van der Waals surface area contributed by atoms with Crippen molar-refractivity contribution in [2.45, 2.75) is 19.4 Å². The molecule has 1 aromatic carbocycles. The van der Waals surface area contributed by atoms with Gasteiger partial charge in [-0.15, -0.1) is 0 Å². The minimum Gasteiger partial charge on any atom is -0.322 e. The zero-order chi connectivity index (χ0) is 8.97. The summed E-state index contributed by atoms with van der Waals surface area (Å²) in [6.07, 6.45) is 0.907. The summed E-state index contributed by atoms with van der Waals surface area (Å²) in [6.45, 7) is 1.56. The van der Waals surface area contributed by atoms with Crippen LogP contribution in [0.15, 0.2) is 24.3 Å². The van der Waals surface area contributed by atoms with E-state index in [1.165, 1.54) is 0 Å². The molecule has 0 aromatic heterocycles. The number of rotatable bonds is 3. The molecule has 1 atom stereocenters. The molecule has 1 rings (SSSR count). The van der Waals surface area contributed by atoms with Gasteiger partial charge in [0.2, 0.25) is 0 Å². The Labute approximate surface area is 72.4 Å². The van der Waals surface area contributed by atoms with Crippen molar-refractivity contribution >= 4 is 0 Å². The fourth-order valence-electron chi connectivity index (χ4n) is 1.30. The lowest BCUT2D eigenvalue weighted by atomic mass is 10.0. The first-order chi connectivity index (χ1) is 5.79. The molecule has 1 aromatic rings. The quantitative estimate of drug-likeness (QED) is 0.734. The largest absolute Gasteiger partial charge is 0.322 e. The average molecular weight is 167 g/mol. The van der Waals surface area contributed by atoms with Gasteiger partial charge in [0.1, 0.15) is 6.67 Å². The molecule has 0 fully saturated rings. The molecule has 0 aliphatic heterocycles. The van der Waals surface area contributed by atoms with Gasteiger partial charge in [-0.2, -0.15) is 0 Å². The van der Waals surface area contributed by atoms with Crippen LogP contribution in [-0.2, 0) is 6.42 Å². The number of alkyl halides is 1. The van der Waals surface area contributed by atoms with E-state index < -0.39 is 12.7 Å². The molecular weight excluding hydrogens is 153 g/mol. The van der Waals surface area contributed by atoms with E-state index in [1.54, 1.807) is 0 Å². The number of aryl methyl sites for hydroxylation is 1. The Kier molecular flexibility index (Phi) is 3.23. The number of hydrogen-bond donors (Lipinski definition) is 1. The van der Waals surface area contributed by atoms with Gasteiger partial charge in [-0.1, -0.05) is 31.2 Å². The van der Waals surface area contributed by atoms with Crippen LogP contribution in [0.2, 0.25) is 0 Å². The van der Waals surface area contributed by atoms with E-state index in [9.17, 15) is 4.39 Å². The number of halogens is 1. The highest BCUT2D eigenvalue weighted by Gasteiger charge is 2.07. The van der Waals surface area contributed by atoms with Gasteiger partial charge in [-0.3, -0.25) is 0 Å². The van der Waals surface area contributed by atoms with Gasteiger partial charge in [-0.05, 0) is 17.5 Å². The molecule has 0 unspecified atom stereocenters. The van der Waals surface area contributed by atoms with Crippen molar-refractivity contribution in [2.24, 2.45) is 5.73 Å². The van der Waals surface area contributed by atoms with Crippen molar-refractivity contribution in [3.63, 3.8) is 0 Å². The molecule has 0 aliphatic rings. The average Bonchev–Trinajstić information content (AvgIpc) is 2.16. The Balaban J connectivity index is 2.96. The SMILES string of the molecule is CCc1ccccc1[C@H](N)CF. The van der Waals surface area contributed by atoms with E-state index >= 15 is 0 Å². The van der Waals surface area contributed by atoms with E-state index in [0.29, 0.717) is 0 Å². The second kappa shape index (κ2) is 4.21. The van der Waals surface area contributed by atoms with Gasteiger partial charge in [-0.25, -0.2) is 4.39 Å². The van der Waals surface area contributed by atoms with Crippen LogP contribution in [0, 0.1) is 0 Å². The molecule has 0 bridgehead atoms. The van der Waals surface area contributed by atoms with Crippen molar-refractivity contribution < 1.29 is 4.39 Å². The number of nitrogens with two attached hydrogens (primary N) is 1. The van der Waals surface area contributed by atoms with Crippen LogP contribution in [0.5, 0.6) is 0 Å². The van der Waals surface area contributed by atoms with Gasteiger partial charge in [0.25, 0.3) is 0 Å². The molecule has 0 heterocycles. The van der Waals surface area contributed by atoms with Gasteiger partial charge in [0.15, 0.2) is 0 Å². The van der Waals surface area contributed by atoms with Gasteiger partial charge in [0.05, 0.1) is 6.04 Å². The maximum Gasteiger partial charge on any atom is 0.109 e. The van der Waals surface area contributed by atoms with Crippen molar-refractivity contribution in [2.75, 3.05) is 6.67 Å². The first-order valence-electron chi connectivity index (χ1n) is 4.19. The normalized spacial score (nSPS) is 12.9. The van der Waals surface area contributed by atoms with Gasteiger partial charge >= 0.3 is 0 Å². The molecule has 0 aliphatic carbocycles. The molecule has 2 N–H and O–H groups in total. The fraction of sp³-hybridized carbons (Fsp3) is 0.400. The Bertz CT molecular complexity index is 247. The van der Waals surface area contributed by atoms with Crippen LogP contribution in [-0.4, -0.2) is 6.67 Å². The van der Waals surface area contributed by atoms with Crippen LogP contribution in [0.25, 0.3) is 0 Å². The minimum atomic E-state index is -0.489. The predicted octanol–water partition coefficient (Wildman–Crippen LogP) is 2.22. The second-order valence-corrected chi connectivity index (χ2v) is 2.81. The Hall–Kier alpha value is -0.890. The van der Waals surface area contributed by atoms with Gasteiger partial charge < -0.3 is 5.73 Å². The summed E-state index contributed by atoms with van der Waals surface area (Å²) in [4.78, 5) is 0. The van der Waals surface area contributed by atoms with Crippen LogP contribution in [0.1, 0.15) is 24.1 Å². The van der Waals surface area contributed by atoms with E-state index in [0.717, 1.165) is 17.5 Å². The fourth-order valence-corrected chi connectivity index (χ4v) is 1.30. The highest BCUT2D eigenvalue weighted by atomic mass is 19.1. The summed E-state index contributed by atoms with van der Waals surface area (Å²) >= 11 is 0. The van der Waals surface area contributed by atoms with Crippen LogP contribution in [0.3, 0.4) is 0 Å². The smallest absolute Gasteiger partial charge is 0.109 e. The summed E-state index contributed by atoms with van der Waals surface area (Å²) < 4.78 is 12.3. The van der Waals surface area contributed by atoms with Crippen molar-refractivity contribution in [1.82, 2.24) is 0 Å². The maximum absolute atomic E-state index is 12.3. The molecule has 0 amide bonds. The van der Waals surface area contributed by atoms with E-state index in [2.05, 4.69) is 0 Å². The summed E-state index contributed by atoms with van der Waals surface area (Å²) in [5.41, 5.74) is 7.67. The minimum absolute atomic E-state index is 0.457. The summed E-state index contributed by atoms with van der Waals surface area (Å²) in [5, 5.41) is 0. The topological polar surface area (TPSA) is 26.0 Å². The molecule has 12 heavy (non-hydrogen) atoms. The van der Waals surface area contributed by atoms with Crippen molar-refractivity contribution in [3.05, 3.63) is 35.4 Å². The van der Waals surface area contributed by atoms with Crippen LogP contribution >= 0.6 is 0 Å². The molecular formula is C10H14FN. The summed E-state index contributed by atoms with van der Waals surface area (Å²) in [5.74, 6) is 0. The van der Waals surface area contributed by atoms with E-state index in [4.69, 9.17) is 5.73 Å². The molecule has 66 valence electrons. The lowest BCUT2D eigenvalue weighted by Crippen LogP contribution is -2.14. The number of benzene rings is 1. The molecule has 0 spiro atoms. The summed E-state index contributed by atoms with van der Waals surface area (Å²) in [6, 6.07) is 7.27. The lowest BCUT2D eigenvalue weighted by molar-refractivity contribution is 0.436. The standard InChI is InChI=1S/C10H14FN/c1-2-8-5-3-4-6-9(8)10(12)7-11/h3-6,10H,2,7,12H2,1H3/t10-/m1/s1. The second-order valence-electron chi connectivity index (χ2n) is 2.81. The molecule has 1 nitrogen and oxygen atoms in total. The first-order valence-corrected chi connectivity index (χ1v) is 4.19. The Morgan fingerprint density at radius 2 is 2.08 bits per heavy atom. The highest BCUT2D eigenvalue weighted by molar-refractivity contribution is 5.29.